The van der Waals surface area contributed by atoms with Crippen LogP contribution in [-0.4, -0.2) is 17.5 Å². The molecule has 1 aromatic heterocycles. The molecular formula is C24H19BrN2O3S. The number of carbonyl (C=O) groups excluding carboxylic acids is 1. The molecule has 7 heteroatoms. The number of Topliss-reactive ketones (excluding diaryl/α,β-unsaturated/α-hetero) is 1. The predicted molar refractivity (Wildman–Crippen MR) is 124 cm³/mol. The molecular weight excluding hydrogens is 476 g/mol. The summed E-state index contributed by atoms with van der Waals surface area (Å²) in [5.41, 5.74) is 3.16. The van der Waals surface area contributed by atoms with Gasteiger partial charge in [-0.25, -0.2) is 4.99 Å². The molecule has 5 rings (SSSR count). The van der Waals surface area contributed by atoms with Crippen LogP contribution in [0.1, 0.15) is 36.4 Å². The molecule has 2 aromatic carbocycles. The molecule has 5 nitrogen and oxygen atoms in total. The summed E-state index contributed by atoms with van der Waals surface area (Å²) in [6, 6.07) is 14.9. The summed E-state index contributed by atoms with van der Waals surface area (Å²) in [5.74, 6) is 0.809. The molecule has 0 N–H and O–H groups in total. The van der Waals surface area contributed by atoms with Gasteiger partial charge >= 0.3 is 0 Å². The standard InChI is InChI=1S/C24H19BrN2O3S/c1-30-17-11-7-15(8-12-17)22-21-18(3-2-4-19(21)28)26-24-27(22)23(29)20(31-24)13-14-5-9-16(25)10-6-14/h5-13,22H,2-4H2,1H3. The molecule has 0 saturated heterocycles. The Hall–Kier alpha value is -2.77. The van der Waals surface area contributed by atoms with Crippen molar-refractivity contribution in [1.29, 1.82) is 0 Å². The van der Waals surface area contributed by atoms with Crippen LogP contribution in [0.25, 0.3) is 6.08 Å². The normalized spacial score (nSPS) is 18.5. The molecule has 1 aliphatic carbocycles. The second-order valence-electron chi connectivity index (χ2n) is 7.54. The lowest BCUT2D eigenvalue weighted by Gasteiger charge is -2.28. The van der Waals surface area contributed by atoms with Gasteiger partial charge in [0.05, 0.1) is 23.4 Å². The van der Waals surface area contributed by atoms with Crippen molar-refractivity contribution in [3.8, 4) is 5.75 Å². The number of carbonyl (C=O) groups is 1. The number of aromatic nitrogens is 1. The number of allylic oxidation sites excluding steroid dienone is 2. The number of rotatable bonds is 3. The minimum atomic E-state index is -0.461. The highest BCUT2D eigenvalue weighted by Crippen LogP contribution is 2.36. The van der Waals surface area contributed by atoms with Gasteiger partial charge in [-0.15, -0.1) is 0 Å². The van der Waals surface area contributed by atoms with Crippen molar-refractivity contribution in [3.63, 3.8) is 0 Å². The highest BCUT2D eigenvalue weighted by molar-refractivity contribution is 9.10. The molecule has 1 aliphatic heterocycles. The number of hydrogen-bond acceptors (Lipinski definition) is 5. The molecule has 0 saturated carbocycles. The average molecular weight is 495 g/mol. The number of fused-ring (bicyclic) bond motifs is 1. The second-order valence-corrected chi connectivity index (χ2v) is 9.47. The monoisotopic (exact) mass is 494 g/mol. The second kappa shape index (κ2) is 8.05. The summed E-state index contributed by atoms with van der Waals surface area (Å²) in [4.78, 5) is 31.8. The highest BCUT2D eigenvalue weighted by Gasteiger charge is 2.34. The van der Waals surface area contributed by atoms with Crippen molar-refractivity contribution < 1.29 is 9.53 Å². The molecule has 3 aromatic rings. The summed E-state index contributed by atoms with van der Waals surface area (Å²) in [7, 11) is 1.62. The lowest BCUT2D eigenvalue weighted by atomic mass is 9.86. The molecule has 2 heterocycles. The SMILES string of the molecule is COc1ccc(C2C3=C(CCCC3=O)N=c3sc(=Cc4ccc(Br)cc4)c(=O)n32)cc1. The summed E-state index contributed by atoms with van der Waals surface area (Å²) < 4.78 is 8.55. The first-order valence-corrected chi connectivity index (χ1v) is 11.6. The minimum absolute atomic E-state index is 0.0769. The Kier molecular flexibility index (Phi) is 5.24. The lowest BCUT2D eigenvalue weighted by Crippen LogP contribution is -2.40. The largest absolute Gasteiger partial charge is 0.497 e. The van der Waals surface area contributed by atoms with Gasteiger partial charge in [-0.05, 0) is 54.3 Å². The maximum Gasteiger partial charge on any atom is 0.271 e. The molecule has 31 heavy (non-hydrogen) atoms. The maximum absolute atomic E-state index is 13.5. The molecule has 1 atom stereocenters. The summed E-state index contributed by atoms with van der Waals surface area (Å²) in [6.07, 6.45) is 3.93. The first kappa shape index (κ1) is 20.2. The number of nitrogens with zero attached hydrogens (tertiary/aromatic N) is 2. The van der Waals surface area contributed by atoms with Gasteiger partial charge in [0.15, 0.2) is 10.6 Å². The van der Waals surface area contributed by atoms with Gasteiger partial charge in [0, 0.05) is 16.5 Å². The molecule has 1 unspecified atom stereocenters. The topological polar surface area (TPSA) is 60.7 Å². The van der Waals surface area contributed by atoms with Crippen LogP contribution in [0.3, 0.4) is 0 Å². The van der Waals surface area contributed by atoms with Crippen LogP contribution in [0, 0.1) is 0 Å². The van der Waals surface area contributed by atoms with Crippen LogP contribution >= 0.6 is 27.3 Å². The minimum Gasteiger partial charge on any atom is -0.497 e. The number of benzene rings is 2. The number of ether oxygens (including phenoxy) is 1. The number of thiazole rings is 1. The van der Waals surface area contributed by atoms with Gasteiger partial charge in [-0.1, -0.05) is 51.5 Å². The molecule has 0 bridgehead atoms. The Morgan fingerprint density at radius 2 is 1.84 bits per heavy atom. The van der Waals surface area contributed by atoms with E-state index >= 15 is 0 Å². The molecule has 156 valence electrons. The van der Waals surface area contributed by atoms with Crippen molar-refractivity contribution in [3.05, 3.63) is 95.1 Å². The van der Waals surface area contributed by atoms with Gasteiger partial charge in [0.25, 0.3) is 5.56 Å². The van der Waals surface area contributed by atoms with E-state index in [1.807, 2.05) is 54.6 Å². The van der Waals surface area contributed by atoms with E-state index in [1.54, 1.807) is 11.7 Å². The molecule has 0 spiro atoms. The fourth-order valence-electron chi connectivity index (χ4n) is 4.12. The van der Waals surface area contributed by atoms with E-state index in [1.165, 1.54) is 11.3 Å². The molecule has 0 amide bonds. The molecule has 2 aliphatic rings. The van der Waals surface area contributed by atoms with Crippen LogP contribution in [0.5, 0.6) is 5.75 Å². The third kappa shape index (κ3) is 3.62. The Morgan fingerprint density at radius 1 is 1.10 bits per heavy atom. The Balaban J connectivity index is 1.73. The number of halogens is 1. The number of hydrogen-bond donors (Lipinski definition) is 0. The maximum atomic E-state index is 13.5. The van der Waals surface area contributed by atoms with E-state index in [9.17, 15) is 9.59 Å². The van der Waals surface area contributed by atoms with Crippen LogP contribution in [0.2, 0.25) is 0 Å². The smallest absolute Gasteiger partial charge is 0.271 e. The van der Waals surface area contributed by atoms with E-state index in [4.69, 9.17) is 9.73 Å². The summed E-state index contributed by atoms with van der Waals surface area (Å²) in [6.45, 7) is 0. The van der Waals surface area contributed by atoms with Crippen LogP contribution in [-0.2, 0) is 4.79 Å². The first-order chi connectivity index (χ1) is 15.0. The summed E-state index contributed by atoms with van der Waals surface area (Å²) >= 11 is 4.81. The fourth-order valence-corrected chi connectivity index (χ4v) is 5.41. The highest BCUT2D eigenvalue weighted by atomic mass is 79.9. The zero-order chi connectivity index (χ0) is 21.5. The third-order valence-corrected chi connectivity index (χ3v) is 7.14. The average Bonchev–Trinajstić information content (AvgIpc) is 3.09. The van der Waals surface area contributed by atoms with Gasteiger partial charge in [-0.3, -0.25) is 14.2 Å². The van der Waals surface area contributed by atoms with Crippen molar-refractivity contribution in [2.75, 3.05) is 7.11 Å². The van der Waals surface area contributed by atoms with Crippen molar-refractivity contribution >= 4 is 39.1 Å². The first-order valence-electron chi connectivity index (χ1n) is 10.0. The predicted octanol–water partition coefficient (Wildman–Crippen LogP) is 3.74. The van der Waals surface area contributed by atoms with E-state index in [0.717, 1.165) is 39.9 Å². The van der Waals surface area contributed by atoms with Crippen molar-refractivity contribution in [2.45, 2.75) is 25.3 Å². The fraction of sp³-hybridized carbons (Fsp3) is 0.208. The third-order valence-electron chi connectivity index (χ3n) is 5.63. The van der Waals surface area contributed by atoms with E-state index in [0.29, 0.717) is 21.3 Å². The Morgan fingerprint density at radius 3 is 2.55 bits per heavy atom. The van der Waals surface area contributed by atoms with Crippen molar-refractivity contribution in [2.24, 2.45) is 4.99 Å². The summed E-state index contributed by atoms with van der Waals surface area (Å²) in [5, 5.41) is 0. The zero-order valence-corrected chi connectivity index (χ0v) is 19.2. The molecule has 0 radical (unpaired) electrons. The Bertz CT molecular complexity index is 1380. The van der Waals surface area contributed by atoms with Gasteiger partial charge in [0.1, 0.15) is 5.75 Å². The lowest BCUT2D eigenvalue weighted by molar-refractivity contribution is -0.116. The van der Waals surface area contributed by atoms with Gasteiger partial charge in [-0.2, -0.15) is 0 Å². The number of ketones is 1. The van der Waals surface area contributed by atoms with E-state index in [-0.39, 0.29) is 11.3 Å². The van der Waals surface area contributed by atoms with E-state index < -0.39 is 6.04 Å². The van der Waals surface area contributed by atoms with Crippen LogP contribution < -0.4 is 19.6 Å². The molecule has 0 fully saturated rings. The zero-order valence-electron chi connectivity index (χ0n) is 16.8. The van der Waals surface area contributed by atoms with Crippen molar-refractivity contribution in [1.82, 2.24) is 4.57 Å². The van der Waals surface area contributed by atoms with Gasteiger partial charge in [0.2, 0.25) is 0 Å². The van der Waals surface area contributed by atoms with Gasteiger partial charge < -0.3 is 4.74 Å². The Labute approximate surface area is 191 Å². The number of methoxy groups -OCH3 is 1. The quantitative estimate of drug-likeness (QED) is 0.557. The van der Waals surface area contributed by atoms with Crippen LogP contribution in [0.15, 0.2) is 74.1 Å². The van der Waals surface area contributed by atoms with Crippen LogP contribution in [0.4, 0.5) is 0 Å². The van der Waals surface area contributed by atoms with E-state index in [2.05, 4.69) is 15.9 Å².